The Bertz CT molecular complexity index is 503. The van der Waals surface area contributed by atoms with Crippen molar-refractivity contribution in [2.45, 2.75) is 16.7 Å². The molecule has 6 nitrogen and oxygen atoms in total. The van der Waals surface area contributed by atoms with Crippen LogP contribution >= 0.6 is 11.8 Å². The van der Waals surface area contributed by atoms with Gasteiger partial charge in [-0.15, -0.1) is 0 Å². The number of hydrogen-bond acceptors (Lipinski definition) is 5. The number of imide groups is 1. The number of pyridine rings is 1. The highest BCUT2D eigenvalue weighted by atomic mass is 32.2. The first-order valence-electron chi connectivity index (χ1n) is 4.76. The minimum absolute atomic E-state index is 0.0997. The lowest BCUT2D eigenvalue weighted by atomic mass is 10.3. The van der Waals surface area contributed by atoms with Crippen LogP contribution in [0, 0.1) is 0 Å². The van der Waals surface area contributed by atoms with Gasteiger partial charge in [-0.3, -0.25) is 14.9 Å². The molecule has 0 aliphatic carbocycles. The van der Waals surface area contributed by atoms with Crippen LogP contribution < -0.4 is 5.32 Å². The zero-order chi connectivity index (χ0) is 12.4. The topological polar surface area (TPSA) is 96.4 Å². The maximum absolute atomic E-state index is 11.3. The van der Waals surface area contributed by atoms with E-state index in [0.29, 0.717) is 5.03 Å². The molecule has 2 N–H and O–H groups in total. The lowest BCUT2D eigenvalue weighted by molar-refractivity contribution is -0.124. The van der Waals surface area contributed by atoms with Gasteiger partial charge in [0.25, 0.3) is 0 Å². The van der Waals surface area contributed by atoms with E-state index in [0.717, 1.165) is 11.8 Å². The molecule has 1 aliphatic heterocycles. The fraction of sp³-hybridized carbons (Fsp3) is 0.200. The zero-order valence-electron chi connectivity index (χ0n) is 8.54. The van der Waals surface area contributed by atoms with Crippen LogP contribution in [0.3, 0.4) is 0 Å². The molecule has 17 heavy (non-hydrogen) atoms. The molecule has 1 fully saturated rings. The molecule has 1 atom stereocenters. The van der Waals surface area contributed by atoms with Gasteiger partial charge >= 0.3 is 5.97 Å². The number of rotatable bonds is 3. The Morgan fingerprint density at radius 2 is 2.29 bits per heavy atom. The third kappa shape index (κ3) is 2.62. The minimum Gasteiger partial charge on any atom is -0.478 e. The van der Waals surface area contributed by atoms with Gasteiger partial charge in [-0.2, -0.15) is 0 Å². The van der Waals surface area contributed by atoms with Gasteiger partial charge in [0.1, 0.15) is 0 Å². The maximum atomic E-state index is 11.3. The summed E-state index contributed by atoms with van der Waals surface area (Å²) < 4.78 is 0. The normalized spacial score (nSPS) is 19.2. The van der Waals surface area contributed by atoms with E-state index in [4.69, 9.17) is 5.11 Å². The number of carboxylic acid groups (broad SMARTS) is 1. The van der Waals surface area contributed by atoms with Gasteiger partial charge in [-0.05, 0) is 12.1 Å². The number of carbonyl (C=O) groups excluding carboxylic acids is 2. The second-order valence-electron chi connectivity index (χ2n) is 3.41. The lowest BCUT2D eigenvalue weighted by Crippen LogP contribution is -2.23. The molecular formula is C10H8N2O4S. The summed E-state index contributed by atoms with van der Waals surface area (Å²) in [5.74, 6) is -1.73. The Kier molecular flexibility index (Phi) is 3.10. The van der Waals surface area contributed by atoms with Crippen LogP contribution in [0.2, 0.25) is 0 Å². The fourth-order valence-electron chi connectivity index (χ4n) is 1.38. The monoisotopic (exact) mass is 252 g/mol. The number of hydrogen-bond donors (Lipinski definition) is 2. The second kappa shape index (κ2) is 4.54. The summed E-state index contributed by atoms with van der Waals surface area (Å²) in [5.41, 5.74) is 0.104. The Labute approximate surface area is 100 Å². The predicted octanol–water partition coefficient (Wildman–Crippen LogP) is 0.287. The van der Waals surface area contributed by atoms with Crippen LogP contribution in [0.5, 0.6) is 0 Å². The number of amides is 2. The molecular weight excluding hydrogens is 244 g/mol. The zero-order valence-corrected chi connectivity index (χ0v) is 9.36. The highest BCUT2D eigenvalue weighted by Gasteiger charge is 2.31. The van der Waals surface area contributed by atoms with Gasteiger partial charge in [0, 0.05) is 12.6 Å². The standard InChI is InChI=1S/C10H8N2O4S/c13-7-4-6(9(14)12-7)17-8-3-5(10(15)16)1-2-11-8/h1-3,6H,4H2,(H,15,16)(H,12,13,14). The average Bonchev–Trinajstić information content (AvgIpc) is 2.58. The third-order valence-corrected chi connectivity index (χ3v) is 3.30. The van der Waals surface area contributed by atoms with Crippen molar-refractivity contribution in [3.63, 3.8) is 0 Å². The summed E-state index contributed by atoms with van der Waals surface area (Å²) >= 11 is 1.09. The molecule has 1 aromatic rings. The third-order valence-electron chi connectivity index (χ3n) is 2.17. The molecule has 1 saturated heterocycles. The van der Waals surface area contributed by atoms with E-state index in [1.54, 1.807) is 0 Å². The van der Waals surface area contributed by atoms with Crippen molar-refractivity contribution in [2.24, 2.45) is 0 Å². The van der Waals surface area contributed by atoms with Crippen molar-refractivity contribution in [3.8, 4) is 0 Å². The second-order valence-corrected chi connectivity index (χ2v) is 4.63. The first-order chi connectivity index (χ1) is 8.06. The quantitative estimate of drug-likeness (QED) is 0.750. The van der Waals surface area contributed by atoms with Crippen molar-refractivity contribution in [1.82, 2.24) is 10.3 Å². The maximum Gasteiger partial charge on any atom is 0.335 e. The van der Waals surface area contributed by atoms with Gasteiger partial charge in [0.2, 0.25) is 11.8 Å². The molecule has 0 aromatic carbocycles. The average molecular weight is 252 g/mol. The van der Waals surface area contributed by atoms with Crippen molar-refractivity contribution in [1.29, 1.82) is 0 Å². The van der Waals surface area contributed by atoms with Crippen molar-refractivity contribution < 1.29 is 19.5 Å². The lowest BCUT2D eigenvalue weighted by Gasteiger charge is -2.05. The van der Waals surface area contributed by atoms with Crippen molar-refractivity contribution in [2.75, 3.05) is 0 Å². The summed E-state index contributed by atoms with van der Waals surface area (Å²) in [5, 5.41) is 10.9. The first-order valence-corrected chi connectivity index (χ1v) is 5.64. The summed E-state index contributed by atoms with van der Waals surface area (Å²) in [6, 6.07) is 2.75. The largest absolute Gasteiger partial charge is 0.478 e. The predicted molar refractivity (Wildman–Crippen MR) is 58.6 cm³/mol. The molecule has 2 rings (SSSR count). The van der Waals surface area contributed by atoms with E-state index in [2.05, 4.69) is 10.3 Å². The van der Waals surface area contributed by atoms with Gasteiger partial charge < -0.3 is 5.11 Å². The Morgan fingerprint density at radius 1 is 1.53 bits per heavy atom. The van der Waals surface area contributed by atoms with Crippen LogP contribution in [0.4, 0.5) is 0 Å². The molecule has 2 heterocycles. The molecule has 0 spiro atoms. The minimum atomic E-state index is -1.05. The number of thioether (sulfide) groups is 1. The van der Waals surface area contributed by atoms with Crippen LogP contribution in [0.25, 0.3) is 0 Å². The molecule has 1 aliphatic rings. The van der Waals surface area contributed by atoms with Gasteiger partial charge in [0.05, 0.1) is 15.8 Å². The van der Waals surface area contributed by atoms with E-state index in [9.17, 15) is 14.4 Å². The molecule has 0 radical (unpaired) electrons. The molecule has 88 valence electrons. The Balaban J connectivity index is 2.13. The summed E-state index contributed by atoms with van der Waals surface area (Å²) in [4.78, 5) is 37.0. The molecule has 0 saturated carbocycles. The van der Waals surface area contributed by atoms with Crippen LogP contribution in [-0.2, 0) is 9.59 Å². The Hall–Kier alpha value is -1.89. The van der Waals surface area contributed by atoms with E-state index in [-0.39, 0.29) is 23.8 Å². The molecule has 1 unspecified atom stereocenters. The highest BCUT2D eigenvalue weighted by Crippen LogP contribution is 2.26. The number of aromatic carboxylic acids is 1. The molecule has 2 amide bonds. The van der Waals surface area contributed by atoms with Crippen LogP contribution in [0.15, 0.2) is 23.4 Å². The molecule has 7 heteroatoms. The molecule has 0 bridgehead atoms. The van der Waals surface area contributed by atoms with E-state index in [1.165, 1.54) is 18.3 Å². The number of aromatic nitrogens is 1. The van der Waals surface area contributed by atoms with E-state index in [1.807, 2.05) is 0 Å². The smallest absolute Gasteiger partial charge is 0.335 e. The van der Waals surface area contributed by atoms with Crippen LogP contribution in [-0.4, -0.2) is 33.1 Å². The van der Waals surface area contributed by atoms with Gasteiger partial charge in [-0.1, -0.05) is 11.8 Å². The summed E-state index contributed by atoms with van der Waals surface area (Å²) in [7, 11) is 0. The highest BCUT2D eigenvalue weighted by molar-refractivity contribution is 8.00. The van der Waals surface area contributed by atoms with E-state index < -0.39 is 11.2 Å². The molecule has 1 aromatic heterocycles. The SMILES string of the molecule is O=C1CC(Sc2cc(C(=O)O)ccn2)C(=O)N1. The number of carbonyl (C=O) groups is 3. The Morgan fingerprint density at radius 3 is 2.88 bits per heavy atom. The van der Waals surface area contributed by atoms with Crippen molar-refractivity contribution >= 4 is 29.5 Å². The number of carboxylic acids is 1. The van der Waals surface area contributed by atoms with Gasteiger partial charge in [0.15, 0.2) is 0 Å². The summed E-state index contributed by atoms with van der Waals surface area (Å²) in [6.45, 7) is 0. The van der Waals surface area contributed by atoms with Crippen molar-refractivity contribution in [3.05, 3.63) is 23.9 Å². The summed E-state index contributed by atoms with van der Waals surface area (Å²) in [6.07, 6.45) is 1.46. The number of nitrogens with one attached hydrogen (secondary N) is 1. The first kappa shape index (κ1) is 11.6. The number of nitrogens with zero attached hydrogens (tertiary/aromatic N) is 1. The fourth-order valence-corrected chi connectivity index (χ4v) is 2.39. The van der Waals surface area contributed by atoms with Gasteiger partial charge in [-0.25, -0.2) is 9.78 Å². The van der Waals surface area contributed by atoms with Crippen LogP contribution in [0.1, 0.15) is 16.8 Å². The van der Waals surface area contributed by atoms with E-state index >= 15 is 0 Å².